The van der Waals surface area contributed by atoms with Crippen LogP contribution in [-0.2, 0) is 14.3 Å². The molecule has 0 aliphatic carbocycles. The summed E-state index contributed by atoms with van der Waals surface area (Å²) < 4.78 is 10.4. The summed E-state index contributed by atoms with van der Waals surface area (Å²) in [5.74, 6) is 0.0201. The Balaban J connectivity index is 2.43. The Morgan fingerprint density at radius 2 is 2.47 bits per heavy atom. The summed E-state index contributed by atoms with van der Waals surface area (Å²) in [7, 11) is 3.41. The molecule has 5 heteroatoms. The number of amides is 1. The van der Waals surface area contributed by atoms with Gasteiger partial charge in [0.2, 0.25) is 0 Å². The molecule has 0 radical (unpaired) electrons. The van der Waals surface area contributed by atoms with Crippen molar-refractivity contribution in [3.8, 4) is 0 Å². The minimum atomic E-state index is -0.344. The average molecular weight is 216 g/mol. The molecule has 1 aliphatic rings. The molecule has 5 nitrogen and oxygen atoms in total. The van der Waals surface area contributed by atoms with Gasteiger partial charge in [-0.05, 0) is 6.92 Å². The molecule has 1 amide bonds. The maximum Gasteiger partial charge on any atom is 0.253 e. The number of likely N-dealkylation sites (N-methyl/N-ethyl adjacent to an activating group) is 1. The number of methoxy groups -OCH3 is 1. The first-order valence-electron chi connectivity index (χ1n) is 5.24. The third-order valence-electron chi connectivity index (χ3n) is 2.62. The van der Waals surface area contributed by atoms with E-state index in [0.29, 0.717) is 19.8 Å². The number of rotatable bonds is 4. The summed E-state index contributed by atoms with van der Waals surface area (Å²) in [5.41, 5.74) is 0. The van der Waals surface area contributed by atoms with E-state index in [1.165, 1.54) is 0 Å². The lowest BCUT2D eigenvalue weighted by molar-refractivity contribution is -0.146. The largest absolute Gasteiger partial charge is 0.383 e. The van der Waals surface area contributed by atoms with Gasteiger partial charge < -0.3 is 19.7 Å². The molecule has 88 valence electrons. The maximum absolute atomic E-state index is 11.9. The summed E-state index contributed by atoms with van der Waals surface area (Å²) in [4.78, 5) is 13.6. The molecule has 1 heterocycles. The molecule has 15 heavy (non-hydrogen) atoms. The molecule has 0 saturated carbocycles. The molecule has 1 saturated heterocycles. The van der Waals surface area contributed by atoms with E-state index in [1.807, 2.05) is 6.92 Å². The number of ether oxygens (including phenoxy) is 2. The highest BCUT2D eigenvalue weighted by molar-refractivity contribution is 5.81. The van der Waals surface area contributed by atoms with Crippen LogP contribution in [0, 0.1) is 0 Å². The van der Waals surface area contributed by atoms with Crippen LogP contribution in [0.3, 0.4) is 0 Å². The van der Waals surface area contributed by atoms with Crippen molar-refractivity contribution in [3.05, 3.63) is 0 Å². The number of nitrogens with zero attached hydrogens (tertiary/aromatic N) is 1. The normalized spacial score (nSPS) is 23.5. The quantitative estimate of drug-likeness (QED) is 0.686. The van der Waals surface area contributed by atoms with Crippen molar-refractivity contribution in [2.75, 3.05) is 40.5 Å². The zero-order valence-corrected chi connectivity index (χ0v) is 9.66. The molecule has 0 aromatic heterocycles. The third kappa shape index (κ3) is 3.44. The first-order chi connectivity index (χ1) is 7.16. The second-order valence-electron chi connectivity index (χ2n) is 3.82. The smallest absolute Gasteiger partial charge is 0.253 e. The fraction of sp³-hybridized carbons (Fsp3) is 0.900. The van der Waals surface area contributed by atoms with E-state index in [4.69, 9.17) is 9.47 Å². The van der Waals surface area contributed by atoms with Gasteiger partial charge in [-0.2, -0.15) is 0 Å². The van der Waals surface area contributed by atoms with Crippen LogP contribution in [0.5, 0.6) is 0 Å². The summed E-state index contributed by atoms with van der Waals surface area (Å²) >= 11 is 0. The van der Waals surface area contributed by atoms with E-state index >= 15 is 0 Å². The average Bonchev–Trinajstić information content (AvgIpc) is 2.28. The van der Waals surface area contributed by atoms with E-state index < -0.39 is 0 Å². The minimum absolute atomic E-state index is 0.0201. The molecular weight excluding hydrogens is 196 g/mol. The molecule has 0 aromatic rings. The highest BCUT2D eigenvalue weighted by atomic mass is 16.5. The number of hydrogen-bond acceptors (Lipinski definition) is 4. The Morgan fingerprint density at radius 3 is 3.00 bits per heavy atom. The van der Waals surface area contributed by atoms with Gasteiger partial charge in [0.05, 0.1) is 19.3 Å². The summed E-state index contributed by atoms with van der Waals surface area (Å²) in [6.45, 7) is 4.52. The Hall–Kier alpha value is -0.650. The van der Waals surface area contributed by atoms with Crippen molar-refractivity contribution in [1.29, 1.82) is 0 Å². The standard InChI is InChI=1S/C10H20N2O3/c1-8(7-14-3)12(2)10(13)9-6-11-4-5-15-9/h8-9,11H,4-7H2,1-3H3/t8?,9-/m0/s1. The monoisotopic (exact) mass is 216 g/mol. The van der Waals surface area contributed by atoms with Crippen LogP contribution in [0.1, 0.15) is 6.92 Å². The van der Waals surface area contributed by atoms with Crippen molar-refractivity contribution in [3.63, 3.8) is 0 Å². The molecule has 1 unspecified atom stereocenters. The number of nitrogens with one attached hydrogen (secondary N) is 1. The number of carbonyl (C=O) groups is 1. The molecule has 1 fully saturated rings. The van der Waals surface area contributed by atoms with Crippen molar-refractivity contribution in [1.82, 2.24) is 10.2 Å². The predicted octanol–water partition coefficient (Wildman–Crippen LogP) is -0.532. The SMILES string of the molecule is COCC(C)N(C)C(=O)[C@@H]1CNCCO1. The lowest BCUT2D eigenvalue weighted by atomic mass is 10.2. The van der Waals surface area contributed by atoms with Crippen molar-refractivity contribution in [2.24, 2.45) is 0 Å². The minimum Gasteiger partial charge on any atom is -0.383 e. The van der Waals surface area contributed by atoms with Gasteiger partial charge in [0.25, 0.3) is 5.91 Å². The highest BCUT2D eigenvalue weighted by Crippen LogP contribution is 2.04. The van der Waals surface area contributed by atoms with Gasteiger partial charge in [-0.3, -0.25) is 4.79 Å². The first-order valence-corrected chi connectivity index (χ1v) is 5.24. The van der Waals surface area contributed by atoms with E-state index in [1.54, 1.807) is 19.1 Å². The molecule has 1 rings (SSSR count). The van der Waals surface area contributed by atoms with Gasteiger partial charge in [0.1, 0.15) is 6.10 Å². The fourth-order valence-electron chi connectivity index (χ4n) is 1.52. The summed E-state index contributed by atoms with van der Waals surface area (Å²) in [6, 6.07) is 0.0769. The molecular formula is C10H20N2O3. The van der Waals surface area contributed by atoms with Gasteiger partial charge in [-0.15, -0.1) is 0 Å². The second kappa shape index (κ2) is 6.05. The molecule has 2 atom stereocenters. The third-order valence-corrected chi connectivity index (χ3v) is 2.62. The number of morpholine rings is 1. The van der Waals surface area contributed by atoms with Gasteiger partial charge >= 0.3 is 0 Å². The molecule has 0 bridgehead atoms. The fourth-order valence-corrected chi connectivity index (χ4v) is 1.52. The molecule has 0 aromatic carbocycles. The van der Waals surface area contributed by atoms with Crippen molar-refractivity contribution < 1.29 is 14.3 Å². The molecule has 0 spiro atoms. The van der Waals surface area contributed by atoms with Gasteiger partial charge in [0.15, 0.2) is 0 Å². The van der Waals surface area contributed by atoms with Crippen LogP contribution in [0.4, 0.5) is 0 Å². The van der Waals surface area contributed by atoms with Crippen LogP contribution in [-0.4, -0.2) is 63.4 Å². The van der Waals surface area contributed by atoms with Gasteiger partial charge in [0, 0.05) is 27.2 Å². The van der Waals surface area contributed by atoms with E-state index in [2.05, 4.69) is 5.32 Å². The Morgan fingerprint density at radius 1 is 1.73 bits per heavy atom. The predicted molar refractivity (Wildman–Crippen MR) is 56.7 cm³/mol. The topological polar surface area (TPSA) is 50.8 Å². The van der Waals surface area contributed by atoms with E-state index in [0.717, 1.165) is 6.54 Å². The van der Waals surface area contributed by atoms with Crippen LogP contribution in [0.25, 0.3) is 0 Å². The molecule has 1 N–H and O–H groups in total. The van der Waals surface area contributed by atoms with Crippen molar-refractivity contribution in [2.45, 2.75) is 19.1 Å². The lowest BCUT2D eigenvalue weighted by Gasteiger charge is -2.30. The number of carbonyl (C=O) groups excluding carboxylic acids is 1. The zero-order valence-electron chi connectivity index (χ0n) is 9.66. The first kappa shape index (κ1) is 12.4. The van der Waals surface area contributed by atoms with E-state index in [9.17, 15) is 4.79 Å². The van der Waals surface area contributed by atoms with Gasteiger partial charge in [-0.25, -0.2) is 0 Å². The zero-order chi connectivity index (χ0) is 11.3. The lowest BCUT2D eigenvalue weighted by Crippen LogP contribution is -2.51. The van der Waals surface area contributed by atoms with Crippen molar-refractivity contribution >= 4 is 5.91 Å². The summed E-state index contributed by atoms with van der Waals surface area (Å²) in [5, 5.41) is 3.14. The Kier molecular flexibility index (Phi) is 5.01. The number of hydrogen-bond donors (Lipinski definition) is 1. The van der Waals surface area contributed by atoms with Crippen LogP contribution in [0.2, 0.25) is 0 Å². The molecule has 1 aliphatic heterocycles. The Labute approximate surface area is 90.7 Å². The van der Waals surface area contributed by atoms with Crippen LogP contribution in [0.15, 0.2) is 0 Å². The summed E-state index contributed by atoms with van der Waals surface area (Å²) in [6.07, 6.45) is -0.344. The van der Waals surface area contributed by atoms with Gasteiger partial charge in [-0.1, -0.05) is 0 Å². The highest BCUT2D eigenvalue weighted by Gasteiger charge is 2.27. The maximum atomic E-state index is 11.9. The second-order valence-corrected chi connectivity index (χ2v) is 3.82. The Bertz CT molecular complexity index is 205. The van der Waals surface area contributed by atoms with Crippen LogP contribution < -0.4 is 5.32 Å². The van der Waals surface area contributed by atoms with E-state index in [-0.39, 0.29) is 18.1 Å². The van der Waals surface area contributed by atoms with Crippen LogP contribution >= 0.6 is 0 Å².